The summed E-state index contributed by atoms with van der Waals surface area (Å²) in [5, 5.41) is 12.7. The number of nitrogens with two attached hydrogens (primary N) is 2. The normalized spacial score (nSPS) is 11.9. The third kappa shape index (κ3) is 2.17. The maximum absolute atomic E-state index is 8.71. The summed E-state index contributed by atoms with van der Waals surface area (Å²) in [6.45, 7) is 2.01. The quantitative estimate of drug-likeness (QED) is 0.718. The summed E-state index contributed by atoms with van der Waals surface area (Å²) in [5.41, 5.74) is 12.2. The molecular formula is C10H13N5. The number of rotatable bonds is 3. The van der Waals surface area contributed by atoms with Crippen molar-refractivity contribution in [3.05, 3.63) is 30.1 Å². The molecule has 1 heterocycles. The van der Waals surface area contributed by atoms with Crippen molar-refractivity contribution < 1.29 is 0 Å². The maximum atomic E-state index is 8.71. The fourth-order valence-electron chi connectivity index (χ4n) is 1.09. The second kappa shape index (κ2) is 4.86. The first-order valence-electron chi connectivity index (χ1n) is 4.57. The van der Waals surface area contributed by atoms with Gasteiger partial charge in [0.1, 0.15) is 17.5 Å². The number of nitriles is 1. The smallest absolute Gasteiger partial charge is 0.145 e. The van der Waals surface area contributed by atoms with E-state index in [1.54, 1.807) is 0 Å². The van der Waals surface area contributed by atoms with E-state index in [0.717, 1.165) is 6.42 Å². The van der Waals surface area contributed by atoms with Crippen molar-refractivity contribution in [2.75, 3.05) is 5.73 Å². The zero-order valence-electron chi connectivity index (χ0n) is 8.51. The highest BCUT2D eigenvalue weighted by atomic mass is 15.3. The van der Waals surface area contributed by atoms with E-state index >= 15 is 0 Å². The van der Waals surface area contributed by atoms with Gasteiger partial charge in [-0.2, -0.15) is 10.4 Å². The molecule has 0 saturated carbocycles. The monoisotopic (exact) mass is 203 g/mol. The number of aromatic nitrogens is 2. The highest BCUT2D eigenvalue weighted by Gasteiger charge is 2.07. The number of nitrogen functional groups attached to an aromatic ring is 1. The van der Waals surface area contributed by atoms with Gasteiger partial charge in [0.2, 0.25) is 0 Å². The first-order chi connectivity index (χ1) is 7.24. The number of hydrogen-bond donors (Lipinski definition) is 2. The van der Waals surface area contributed by atoms with Gasteiger partial charge in [-0.3, -0.25) is 0 Å². The van der Waals surface area contributed by atoms with Gasteiger partial charge in [-0.25, -0.2) is 4.68 Å². The topological polar surface area (TPSA) is 93.6 Å². The highest BCUT2D eigenvalue weighted by molar-refractivity contribution is 5.63. The molecule has 1 aromatic heterocycles. The first-order valence-corrected chi connectivity index (χ1v) is 4.57. The Hall–Kier alpha value is -2.22. The Bertz CT molecular complexity index is 433. The molecule has 0 atom stereocenters. The van der Waals surface area contributed by atoms with Gasteiger partial charge in [-0.15, -0.1) is 0 Å². The van der Waals surface area contributed by atoms with Gasteiger partial charge in [0.15, 0.2) is 0 Å². The van der Waals surface area contributed by atoms with Crippen LogP contribution in [0.15, 0.2) is 24.5 Å². The summed E-state index contributed by atoms with van der Waals surface area (Å²) < 4.78 is 1.44. The largest absolute Gasteiger partial charge is 0.403 e. The van der Waals surface area contributed by atoms with Crippen molar-refractivity contribution >= 4 is 11.5 Å². The van der Waals surface area contributed by atoms with Crippen LogP contribution in [0.25, 0.3) is 5.70 Å². The number of anilines is 1. The number of allylic oxidation sites excluding steroid dienone is 3. The SMILES string of the molecule is CC/C=C\C(=C/N)n1ncc(C#N)c1N. The lowest BCUT2D eigenvalue weighted by Crippen LogP contribution is -2.04. The molecule has 1 aromatic rings. The van der Waals surface area contributed by atoms with Crippen LogP contribution in [0.5, 0.6) is 0 Å². The summed E-state index contributed by atoms with van der Waals surface area (Å²) in [5.74, 6) is 0.301. The van der Waals surface area contributed by atoms with Crippen LogP contribution < -0.4 is 11.5 Å². The molecule has 0 bridgehead atoms. The molecule has 0 aromatic carbocycles. The van der Waals surface area contributed by atoms with Crippen molar-refractivity contribution in [2.24, 2.45) is 5.73 Å². The summed E-state index contributed by atoms with van der Waals surface area (Å²) in [4.78, 5) is 0. The lowest BCUT2D eigenvalue weighted by molar-refractivity contribution is 0.917. The molecule has 0 radical (unpaired) electrons. The minimum atomic E-state index is 0.301. The second-order valence-electron chi connectivity index (χ2n) is 2.87. The second-order valence-corrected chi connectivity index (χ2v) is 2.87. The molecule has 0 amide bonds. The van der Waals surface area contributed by atoms with Crippen LogP contribution in [-0.4, -0.2) is 9.78 Å². The van der Waals surface area contributed by atoms with E-state index in [0.29, 0.717) is 17.1 Å². The molecule has 4 N–H and O–H groups in total. The Balaban J connectivity index is 3.10. The van der Waals surface area contributed by atoms with Crippen LogP contribution in [0.1, 0.15) is 18.9 Å². The summed E-state index contributed by atoms with van der Waals surface area (Å²) in [6, 6.07) is 1.95. The lowest BCUT2D eigenvalue weighted by Gasteiger charge is -2.03. The van der Waals surface area contributed by atoms with E-state index in [2.05, 4.69) is 5.10 Å². The Morgan fingerprint density at radius 2 is 2.47 bits per heavy atom. The fraction of sp³-hybridized carbons (Fsp3) is 0.200. The molecule has 0 aliphatic rings. The van der Waals surface area contributed by atoms with Crippen molar-refractivity contribution in [3.8, 4) is 6.07 Å². The van der Waals surface area contributed by atoms with Gasteiger partial charge in [0.05, 0.1) is 11.9 Å². The Morgan fingerprint density at radius 3 is 2.93 bits per heavy atom. The van der Waals surface area contributed by atoms with Gasteiger partial charge in [0.25, 0.3) is 0 Å². The van der Waals surface area contributed by atoms with Crippen LogP contribution in [0.2, 0.25) is 0 Å². The van der Waals surface area contributed by atoms with Gasteiger partial charge in [-0.1, -0.05) is 13.0 Å². The minimum absolute atomic E-state index is 0.301. The van der Waals surface area contributed by atoms with Gasteiger partial charge in [0, 0.05) is 6.20 Å². The van der Waals surface area contributed by atoms with E-state index in [1.807, 2.05) is 25.1 Å². The number of nitrogens with zero attached hydrogens (tertiary/aromatic N) is 3. The maximum Gasteiger partial charge on any atom is 0.145 e. The molecule has 0 spiro atoms. The van der Waals surface area contributed by atoms with Crippen molar-refractivity contribution in [1.82, 2.24) is 9.78 Å². The standard InChI is InChI=1S/C10H13N5/c1-2-3-4-9(6-12)15-10(13)8(5-11)7-14-15/h3-4,6-7H,2,12-13H2,1H3/b4-3-,9-6+. The molecule has 15 heavy (non-hydrogen) atoms. The van der Waals surface area contributed by atoms with Crippen LogP contribution in [0.3, 0.4) is 0 Å². The van der Waals surface area contributed by atoms with E-state index < -0.39 is 0 Å². The predicted molar refractivity (Wildman–Crippen MR) is 59.2 cm³/mol. The molecule has 5 heteroatoms. The average Bonchev–Trinajstić information content (AvgIpc) is 2.62. The summed E-state index contributed by atoms with van der Waals surface area (Å²) >= 11 is 0. The van der Waals surface area contributed by atoms with Gasteiger partial charge < -0.3 is 11.5 Å². The molecule has 0 fully saturated rings. The molecule has 0 aliphatic carbocycles. The van der Waals surface area contributed by atoms with Crippen LogP contribution in [0, 0.1) is 11.3 Å². The van der Waals surface area contributed by atoms with Crippen molar-refractivity contribution in [2.45, 2.75) is 13.3 Å². The van der Waals surface area contributed by atoms with Gasteiger partial charge >= 0.3 is 0 Å². The average molecular weight is 203 g/mol. The zero-order chi connectivity index (χ0) is 11.3. The Kier molecular flexibility index (Phi) is 3.52. The molecule has 5 nitrogen and oxygen atoms in total. The fourth-order valence-corrected chi connectivity index (χ4v) is 1.09. The molecule has 0 unspecified atom stereocenters. The van der Waals surface area contributed by atoms with Crippen molar-refractivity contribution in [3.63, 3.8) is 0 Å². The Labute approximate surface area is 88.3 Å². The van der Waals surface area contributed by atoms with Crippen LogP contribution in [0.4, 0.5) is 5.82 Å². The minimum Gasteiger partial charge on any atom is -0.403 e. The molecule has 0 saturated heterocycles. The van der Waals surface area contributed by atoms with E-state index in [1.165, 1.54) is 17.1 Å². The van der Waals surface area contributed by atoms with Crippen LogP contribution in [-0.2, 0) is 0 Å². The summed E-state index contributed by atoms with van der Waals surface area (Å²) in [7, 11) is 0. The Morgan fingerprint density at radius 1 is 1.73 bits per heavy atom. The molecule has 1 rings (SSSR count). The molecule has 78 valence electrons. The van der Waals surface area contributed by atoms with Crippen LogP contribution >= 0.6 is 0 Å². The highest BCUT2D eigenvalue weighted by Crippen LogP contribution is 2.15. The van der Waals surface area contributed by atoms with E-state index in [4.69, 9.17) is 16.7 Å². The molecular weight excluding hydrogens is 190 g/mol. The van der Waals surface area contributed by atoms with E-state index in [-0.39, 0.29) is 0 Å². The molecule has 0 aliphatic heterocycles. The summed E-state index contributed by atoms with van der Waals surface area (Å²) in [6.07, 6.45) is 7.45. The van der Waals surface area contributed by atoms with Gasteiger partial charge in [-0.05, 0) is 12.5 Å². The third-order valence-corrected chi connectivity index (χ3v) is 1.87. The predicted octanol–water partition coefficient (Wildman–Crippen LogP) is 1.06. The van der Waals surface area contributed by atoms with E-state index in [9.17, 15) is 0 Å². The zero-order valence-corrected chi connectivity index (χ0v) is 8.51. The lowest BCUT2D eigenvalue weighted by atomic mass is 10.3. The third-order valence-electron chi connectivity index (χ3n) is 1.87. The number of hydrogen-bond acceptors (Lipinski definition) is 4. The van der Waals surface area contributed by atoms with Crippen molar-refractivity contribution in [1.29, 1.82) is 5.26 Å². The first kappa shape index (κ1) is 10.9.